The van der Waals surface area contributed by atoms with Crippen LogP contribution < -0.4 is 5.73 Å². The van der Waals surface area contributed by atoms with Gasteiger partial charge < -0.3 is 15.5 Å². The maximum absolute atomic E-state index is 13.0. The fourth-order valence-corrected chi connectivity index (χ4v) is 9.31. The van der Waals surface area contributed by atoms with Crippen molar-refractivity contribution in [2.24, 2.45) is 40.2 Å². The minimum Gasteiger partial charge on any atom is -0.457 e. The summed E-state index contributed by atoms with van der Waals surface area (Å²) >= 11 is 0. The Morgan fingerprint density at radius 2 is 1.87 bits per heavy atom. The fourth-order valence-electron chi connectivity index (χ4n) is 9.31. The molecule has 3 saturated carbocycles. The molecule has 4 aliphatic rings. The van der Waals surface area contributed by atoms with E-state index in [1.165, 1.54) is 31.3 Å². The topological polar surface area (TPSA) is 85.2 Å². The normalized spacial score (nSPS) is 36.7. The number of fused-ring (bicyclic) bond motifs is 6. The van der Waals surface area contributed by atoms with Gasteiger partial charge in [-0.05, 0) is 105 Å². The lowest BCUT2D eigenvalue weighted by Gasteiger charge is -2.58. The van der Waals surface area contributed by atoms with Crippen LogP contribution in [0.3, 0.4) is 0 Å². The number of aromatic amines is 1. The first-order valence-electron chi connectivity index (χ1n) is 14.4. The summed E-state index contributed by atoms with van der Waals surface area (Å²) in [6.07, 6.45) is 13.4. The molecule has 1 aromatic carbocycles. The number of Topliss-reactive ketones (excluding diaryl/α,β-unsaturated/α-hetero) is 1. The molecule has 3 fully saturated rings. The Morgan fingerprint density at radius 3 is 2.66 bits per heavy atom. The number of benzene rings is 1. The van der Waals surface area contributed by atoms with Gasteiger partial charge in [-0.2, -0.15) is 0 Å². The van der Waals surface area contributed by atoms with E-state index in [1.54, 1.807) is 0 Å². The second-order valence-corrected chi connectivity index (χ2v) is 13.0. The number of carbonyl (C=O) groups is 2. The zero-order valence-corrected chi connectivity index (χ0v) is 23.8. The number of rotatable bonds is 5. The van der Waals surface area contributed by atoms with E-state index >= 15 is 0 Å². The van der Waals surface area contributed by atoms with Crippen LogP contribution in [0.5, 0.6) is 0 Å². The molecule has 8 atom stereocenters. The Hall–Kier alpha value is -2.11. The highest BCUT2D eigenvalue weighted by Crippen LogP contribution is 2.66. The number of nitrogens with one attached hydrogen (secondary N) is 1. The molecule has 0 saturated heterocycles. The first-order valence-corrected chi connectivity index (χ1v) is 14.4. The summed E-state index contributed by atoms with van der Waals surface area (Å²) in [5, 5.41) is 1.11. The van der Waals surface area contributed by atoms with Crippen molar-refractivity contribution in [2.75, 3.05) is 0 Å². The van der Waals surface area contributed by atoms with Gasteiger partial charge in [-0.15, -0.1) is 12.4 Å². The molecule has 5 nitrogen and oxygen atoms in total. The van der Waals surface area contributed by atoms with E-state index in [1.807, 2.05) is 31.3 Å². The van der Waals surface area contributed by atoms with E-state index in [4.69, 9.17) is 10.5 Å². The monoisotopic (exact) mass is 538 g/mol. The highest BCUT2D eigenvalue weighted by Gasteiger charge is 2.59. The maximum atomic E-state index is 13.0. The van der Waals surface area contributed by atoms with Crippen LogP contribution >= 0.6 is 12.4 Å². The number of nitrogens with two attached hydrogens (primary N) is 1. The average molecular weight is 539 g/mol. The molecule has 1 aromatic heterocycles. The molecular weight excluding hydrogens is 496 g/mol. The summed E-state index contributed by atoms with van der Waals surface area (Å²) < 4.78 is 5.98. The van der Waals surface area contributed by atoms with Crippen molar-refractivity contribution in [3.63, 3.8) is 0 Å². The number of hydrogen-bond donors (Lipinski definition) is 2. The van der Waals surface area contributed by atoms with Crippen molar-refractivity contribution in [1.29, 1.82) is 0 Å². The SMILES string of the molecule is CC(=O)C1CCC2C3CCC4=CC(OC(=O)C(N)Cc5c[nH]c6ccccc56)CCC4(C)C3CCC12C.Cl. The summed E-state index contributed by atoms with van der Waals surface area (Å²) in [5.41, 5.74) is 10.3. The maximum Gasteiger partial charge on any atom is 0.323 e. The van der Waals surface area contributed by atoms with Crippen LogP contribution in [-0.4, -0.2) is 28.9 Å². The predicted octanol–water partition coefficient (Wildman–Crippen LogP) is 6.54. The van der Waals surface area contributed by atoms with E-state index in [0.717, 1.165) is 42.1 Å². The Labute approximate surface area is 232 Å². The molecule has 38 heavy (non-hydrogen) atoms. The molecule has 1 heterocycles. The lowest BCUT2D eigenvalue weighted by atomic mass is 9.46. The number of esters is 1. The Bertz CT molecular complexity index is 1250. The number of H-pyrrole nitrogens is 1. The zero-order chi connectivity index (χ0) is 25.9. The fraction of sp³-hybridized carbons (Fsp3) is 0.625. The smallest absolute Gasteiger partial charge is 0.323 e. The molecule has 2 aromatic rings. The van der Waals surface area contributed by atoms with Crippen LogP contribution in [0.25, 0.3) is 10.9 Å². The van der Waals surface area contributed by atoms with Crippen molar-refractivity contribution < 1.29 is 14.3 Å². The van der Waals surface area contributed by atoms with Gasteiger partial charge in [0.25, 0.3) is 0 Å². The number of ether oxygens (including phenoxy) is 1. The van der Waals surface area contributed by atoms with Gasteiger partial charge in [0.15, 0.2) is 0 Å². The molecule has 0 bridgehead atoms. The van der Waals surface area contributed by atoms with Gasteiger partial charge in [0.2, 0.25) is 0 Å². The van der Waals surface area contributed by atoms with E-state index < -0.39 is 6.04 Å². The van der Waals surface area contributed by atoms with Crippen molar-refractivity contribution in [3.05, 3.63) is 47.7 Å². The molecule has 6 heteroatoms. The molecule has 0 radical (unpaired) electrons. The third-order valence-corrected chi connectivity index (χ3v) is 11.2. The molecule has 3 N–H and O–H groups in total. The number of halogens is 1. The largest absolute Gasteiger partial charge is 0.457 e. The standard InChI is InChI=1S/C32H42N2O3.ClH/c1-19(35)25-10-11-26-24-9-8-21-17-22(12-14-31(21,2)27(24)13-15-32(25,26)3)37-30(36)28(33)16-20-18-34-29-7-5-4-6-23(20)29;/h4-7,17-18,22,24-28,34H,8-16,33H2,1-3H3;1H. The molecule has 206 valence electrons. The van der Waals surface area contributed by atoms with Gasteiger partial charge in [-0.3, -0.25) is 9.59 Å². The summed E-state index contributed by atoms with van der Waals surface area (Å²) in [6, 6.07) is 7.42. The first kappa shape index (κ1) is 27.5. The van der Waals surface area contributed by atoms with Crippen LogP contribution in [-0.2, 0) is 20.7 Å². The van der Waals surface area contributed by atoms with Gasteiger partial charge in [0.05, 0.1) is 0 Å². The van der Waals surface area contributed by atoms with Crippen LogP contribution in [0.4, 0.5) is 0 Å². The summed E-state index contributed by atoms with van der Waals surface area (Å²) in [6.45, 7) is 6.69. The number of allylic oxidation sites excluding steroid dienone is 1. The van der Waals surface area contributed by atoms with E-state index in [-0.39, 0.29) is 41.2 Å². The van der Waals surface area contributed by atoms with Crippen LogP contribution in [0.2, 0.25) is 0 Å². The van der Waals surface area contributed by atoms with E-state index in [9.17, 15) is 9.59 Å². The summed E-state index contributed by atoms with van der Waals surface area (Å²) in [7, 11) is 0. The predicted molar refractivity (Wildman–Crippen MR) is 153 cm³/mol. The Balaban J connectivity index is 0.00000294. The lowest BCUT2D eigenvalue weighted by Crippen LogP contribution is -2.51. The van der Waals surface area contributed by atoms with E-state index in [0.29, 0.717) is 30.0 Å². The number of para-hydroxylation sites is 1. The summed E-state index contributed by atoms with van der Waals surface area (Å²) in [4.78, 5) is 28.6. The first-order chi connectivity index (χ1) is 17.7. The third kappa shape index (κ3) is 4.34. The number of aromatic nitrogens is 1. The Morgan fingerprint density at radius 1 is 1.08 bits per heavy atom. The van der Waals surface area contributed by atoms with Gasteiger partial charge in [0, 0.05) is 29.4 Å². The minimum atomic E-state index is -0.672. The lowest BCUT2D eigenvalue weighted by molar-refractivity contribution is -0.150. The molecule has 0 spiro atoms. The highest BCUT2D eigenvalue weighted by molar-refractivity contribution is 5.85. The highest BCUT2D eigenvalue weighted by atomic mass is 35.5. The average Bonchev–Trinajstić information content (AvgIpc) is 3.45. The van der Waals surface area contributed by atoms with Crippen molar-refractivity contribution in [1.82, 2.24) is 4.98 Å². The van der Waals surface area contributed by atoms with Gasteiger partial charge >= 0.3 is 5.97 Å². The van der Waals surface area contributed by atoms with Crippen LogP contribution in [0.15, 0.2) is 42.1 Å². The number of ketones is 1. The Kier molecular flexibility index (Phi) is 7.32. The van der Waals surface area contributed by atoms with Crippen LogP contribution in [0, 0.1) is 34.5 Å². The molecule has 4 aliphatic carbocycles. The molecule has 8 unspecified atom stereocenters. The molecule has 6 rings (SSSR count). The summed E-state index contributed by atoms with van der Waals surface area (Å²) in [5.74, 6) is 2.42. The van der Waals surface area contributed by atoms with E-state index in [2.05, 4.69) is 31.0 Å². The van der Waals surface area contributed by atoms with Gasteiger partial charge in [0.1, 0.15) is 17.9 Å². The quantitative estimate of drug-likeness (QED) is 0.334. The number of carbonyl (C=O) groups excluding carboxylic acids is 2. The van der Waals surface area contributed by atoms with Crippen molar-refractivity contribution in [2.45, 2.75) is 90.7 Å². The molecular formula is C32H43ClN2O3. The van der Waals surface area contributed by atoms with Crippen LogP contribution in [0.1, 0.15) is 77.7 Å². The van der Waals surface area contributed by atoms with Gasteiger partial charge in [-0.1, -0.05) is 37.6 Å². The van der Waals surface area contributed by atoms with Crippen molar-refractivity contribution >= 4 is 35.1 Å². The third-order valence-electron chi connectivity index (χ3n) is 11.2. The minimum absolute atomic E-state index is 0. The zero-order valence-electron chi connectivity index (χ0n) is 23.0. The second-order valence-electron chi connectivity index (χ2n) is 13.0. The number of hydrogen-bond acceptors (Lipinski definition) is 4. The second kappa shape index (κ2) is 10.1. The van der Waals surface area contributed by atoms with Crippen molar-refractivity contribution in [3.8, 4) is 0 Å². The molecule has 0 aliphatic heterocycles. The molecule has 0 amide bonds. The van der Waals surface area contributed by atoms with Gasteiger partial charge in [-0.25, -0.2) is 0 Å².